The van der Waals surface area contributed by atoms with E-state index in [0.717, 1.165) is 12.1 Å². The minimum absolute atomic E-state index is 0.137. The largest absolute Gasteiger partial charge is 0.490 e. The van der Waals surface area contributed by atoms with E-state index >= 15 is 0 Å². The van der Waals surface area contributed by atoms with Gasteiger partial charge in [0.25, 0.3) is 0 Å². The normalized spacial score (nSPS) is 10.3. The molecule has 1 heterocycles. The number of hydrogen-bond donors (Lipinski definition) is 1. The minimum Gasteiger partial charge on any atom is -0.490 e. The first-order valence-corrected chi connectivity index (χ1v) is 6.43. The van der Waals surface area contributed by atoms with Crippen molar-refractivity contribution in [3.05, 3.63) is 42.0 Å². The first-order chi connectivity index (χ1) is 9.61. The molecular weight excluding hydrogens is 259 g/mol. The van der Waals surface area contributed by atoms with Crippen LogP contribution >= 0.6 is 0 Å². The Morgan fingerprint density at radius 1 is 1.25 bits per heavy atom. The molecule has 0 aliphatic heterocycles. The second-order valence-electron chi connectivity index (χ2n) is 4.36. The number of halogens is 1. The van der Waals surface area contributed by atoms with Crippen molar-refractivity contribution >= 4 is 5.69 Å². The fraction of sp³-hybridized carbons (Fsp3) is 0.267. The number of aromatic nitrogens is 1. The number of ether oxygens (including phenoxy) is 2. The van der Waals surface area contributed by atoms with E-state index in [1.165, 1.54) is 12.1 Å². The number of benzene rings is 1. The van der Waals surface area contributed by atoms with E-state index in [-0.39, 0.29) is 11.4 Å². The van der Waals surface area contributed by atoms with Crippen molar-refractivity contribution in [1.82, 2.24) is 4.98 Å². The van der Waals surface area contributed by atoms with Crippen LogP contribution in [0.3, 0.4) is 0 Å². The van der Waals surface area contributed by atoms with Gasteiger partial charge in [0.15, 0.2) is 17.3 Å². The number of anilines is 1. The van der Waals surface area contributed by atoms with Crippen LogP contribution in [0.15, 0.2) is 30.5 Å². The third-order valence-corrected chi connectivity index (χ3v) is 2.70. The van der Waals surface area contributed by atoms with Gasteiger partial charge in [-0.2, -0.15) is 0 Å². The highest BCUT2D eigenvalue weighted by Crippen LogP contribution is 2.34. The molecule has 2 N–H and O–H groups in total. The molecule has 0 aliphatic carbocycles. The van der Waals surface area contributed by atoms with Crippen LogP contribution in [0, 0.1) is 12.7 Å². The molecule has 0 spiro atoms. The molecule has 2 aromatic rings. The molecule has 1 aromatic heterocycles. The molecule has 0 aliphatic rings. The second kappa shape index (κ2) is 6.23. The molecule has 0 bridgehead atoms. The zero-order valence-electron chi connectivity index (χ0n) is 11.5. The van der Waals surface area contributed by atoms with Crippen molar-refractivity contribution in [2.24, 2.45) is 0 Å². The molecule has 0 fully saturated rings. The van der Waals surface area contributed by atoms with E-state index in [4.69, 9.17) is 15.2 Å². The molecule has 5 heteroatoms. The Kier molecular flexibility index (Phi) is 4.40. The monoisotopic (exact) mass is 276 g/mol. The van der Waals surface area contributed by atoms with Gasteiger partial charge in [0, 0.05) is 18.3 Å². The summed E-state index contributed by atoms with van der Waals surface area (Å²) in [6.45, 7) is 4.21. The van der Waals surface area contributed by atoms with Gasteiger partial charge in [-0.15, -0.1) is 0 Å². The molecule has 0 amide bonds. The molecule has 0 unspecified atom stereocenters. The average molecular weight is 276 g/mol. The molecule has 0 radical (unpaired) electrons. The van der Waals surface area contributed by atoms with E-state index in [9.17, 15) is 4.39 Å². The SMILES string of the molecule is CCCOc1cc(Oc2cccnc2C)c(N)cc1F. The number of nitrogen functional groups attached to an aromatic ring is 1. The molecule has 106 valence electrons. The van der Waals surface area contributed by atoms with Crippen molar-refractivity contribution in [1.29, 1.82) is 0 Å². The highest BCUT2D eigenvalue weighted by molar-refractivity contribution is 5.57. The Balaban J connectivity index is 2.29. The third-order valence-electron chi connectivity index (χ3n) is 2.70. The van der Waals surface area contributed by atoms with Gasteiger partial charge in [-0.3, -0.25) is 4.98 Å². The highest BCUT2D eigenvalue weighted by Gasteiger charge is 2.12. The van der Waals surface area contributed by atoms with Gasteiger partial charge in [-0.25, -0.2) is 4.39 Å². The van der Waals surface area contributed by atoms with Crippen LogP contribution in [0.1, 0.15) is 19.0 Å². The van der Waals surface area contributed by atoms with Crippen LogP contribution in [0.4, 0.5) is 10.1 Å². The van der Waals surface area contributed by atoms with E-state index in [2.05, 4.69) is 4.98 Å². The Labute approximate surface area is 117 Å². The Morgan fingerprint density at radius 3 is 2.75 bits per heavy atom. The van der Waals surface area contributed by atoms with E-state index in [1.807, 2.05) is 13.8 Å². The van der Waals surface area contributed by atoms with Crippen LogP contribution in [0.5, 0.6) is 17.2 Å². The number of pyridine rings is 1. The first kappa shape index (κ1) is 14.1. The minimum atomic E-state index is -0.494. The fourth-order valence-corrected chi connectivity index (χ4v) is 1.66. The number of nitrogens with zero attached hydrogens (tertiary/aromatic N) is 1. The van der Waals surface area contributed by atoms with Crippen molar-refractivity contribution in [3.8, 4) is 17.2 Å². The molecule has 0 atom stereocenters. The molecule has 0 saturated heterocycles. The van der Waals surface area contributed by atoms with Crippen LogP contribution in [0.2, 0.25) is 0 Å². The van der Waals surface area contributed by atoms with Gasteiger partial charge in [0.2, 0.25) is 0 Å². The van der Waals surface area contributed by atoms with Crippen LogP contribution in [-0.2, 0) is 0 Å². The number of hydrogen-bond acceptors (Lipinski definition) is 4. The van der Waals surface area contributed by atoms with Crippen molar-refractivity contribution in [2.45, 2.75) is 20.3 Å². The quantitative estimate of drug-likeness (QED) is 0.846. The summed E-state index contributed by atoms with van der Waals surface area (Å²) in [6.07, 6.45) is 2.47. The van der Waals surface area contributed by atoms with E-state index < -0.39 is 5.82 Å². The predicted molar refractivity (Wildman–Crippen MR) is 75.6 cm³/mol. The summed E-state index contributed by atoms with van der Waals surface area (Å²) in [7, 11) is 0. The maximum Gasteiger partial charge on any atom is 0.167 e. The summed E-state index contributed by atoms with van der Waals surface area (Å²) < 4.78 is 24.7. The fourth-order valence-electron chi connectivity index (χ4n) is 1.66. The summed E-state index contributed by atoms with van der Waals surface area (Å²) in [5.41, 5.74) is 6.72. The van der Waals surface area contributed by atoms with E-state index in [0.29, 0.717) is 18.1 Å². The lowest BCUT2D eigenvalue weighted by molar-refractivity contribution is 0.299. The number of aryl methyl sites for hydroxylation is 1. The first-order valence-electron chi connectivity index (χ1n) is 6.43. The predicted octanol–water partition coefficient (Wildman–Crippen LogP) is 3.69. The summed E-state index contributed by atoms with van der Waals surface area (Å²) in [5.74, 6) is 0.574. The number of rotatable bonds is 5. The lowest BCUT2D eigenvalue weighted by Gasteiger charge is -2.13. The summed E-state index contributed by atoms with van der Waals surface area (Å²) in [6, 6.07) is 6.20. The van der Waals surface area contributed by atoms with Gasteiger partial charge < -0.3 is 15.2 Å². The lowest BCUT2D eigenvalue weighted by atomic mass is 10.2. The van der Waals surface area contributed by atoms with Gasteiger partial charge in [-0.05, 0) is 25.5 Å². The van der Waals surface area contributed by atoms with Crippen LogP contribution in [-0.4, -0.2) is 11.6 Å². The van der Waals surface area contributed by atoms with E-state index in [1.54, 1.807) is 18.3 Å². The summed E-state index contributed by atoms with van der Waals surface area (Å²) in [4.78, 5) is 4.12. The molecule has 20 heavy (non-hydrogen) atoms. The van der Waals surface area contributed by atoms with Crippen molar-refractivity contribution in [2.75, 3.05) is 12.3 Å². The van der Waals surface area contributed by atoms with Gasteiger partial charge in [-0.1, -0.05) is 6.92 Å². The van der Waals surface area contributed by atoms with Gasteiger partial charge in [0.1, 0.15) is 5.75 Å². The summed E-state index contributed by atoms with van der Waals surface area (Å²) >= 11 is 0. The Morgan fingerprint density at radius 2 is 2.05 bits per heavy atom. The molecule has 4 nitrogen and oxygen atoms in total. The zero-order valence-corrected chi connectivity index (χ0v) is 11.5. The Hall–Kier alpha value is -2.30. The topological polar surface area (TPSA) is 57.4 Å². The highest BCUT2D eigenvalue weighted by atomic mass is 19.1. The van der Waals surface area contributed by atoms with Crippen LogP contribution < -0.4 is 15.2 Å². The van der Waals surface area contributed by atoms with Gasteiger partial charge in [0.05, 0.1) is 18.0 Å². The maximum absolute atomic E-state index is 13.7. The average Bonchev–Trinajstić information content (AvgIpc) is 2.43. The number of nitrogens with two attached hydrogens (primary N) is 1. The molecule has 0 saturated carbocycles. The van der Waals surface area contributed by atoms with Gasteiger partial charge >= 0.3 is 0 Å². The van der Waals surface area contributed by atoms with Crippen molar-refractivity contribution in [3.63, 3.8) is 0 Å². The molecular formula is C15H17FN2O2. The van der Waals surface area contributed by atoms with Crippen LogP contribution in [0.25, 0.3) is 0 Å². The smallest absolute Gasteiger partial charge is 0.167 e. The lowest BCUT2D eigenvalue weighted by Crippen LogP contribution is -2.01. The molecule has 2 rings (SSSR count). The second-order valence-corrected chi connectivity index (χ2v) is 4.36. The van der Waals surface area contributed by atoms with Crippen molar-refractivity contribution < 1.29 is 13.9 Å². The third kappa shape index (κ3) is 3.17. The standard InChI is InChI=1S/C15H17FN2O2/c1-3-7-19-14-9-15(12(17)8-11(14)16)20-13-5-4-6-18-10(13)2/h4-6,8-9H,3,7,17H2,1-2H3. The Bertz CT molecular complexity index is 602. The summed E-state index contributed by atoms with van der Waals surface area (Å²) in [5, 5.41) is 0. The zero-order chi connectivity index (χ0) is 14.5. The molecule has 1 aromatic carbocycles. The maximum atomic E-state index is 13.7.